The Labute approximate surface area is 162 Å². The van der Waals surface area contributed by atoms with Crippen molar-refractivity contribution in [2.45, 2.75) is 6.18 Å². The lowest BCUT2D eigenvalue weighted by Crippen LogP contribution is -2.10. The van der Waals surface area contributed by atoms with E-state index in [-0.39, 0.29) is 28.5 Å². The Morgan fingerprint density at radius 2 is 1.66 bits per heavy atom. The zero-order valence-corrected chi connectivity index (χ0v) is 14.7. The molecule has 2 N–H and O–H groups in total. The maximum Gasteiger partial charge on any atom is 0.417 e. The fourth-order valence-electron chi connectivity index (χ4n) is 3.20. The average molecular weight is 399 g/mol. The number of benzene rings is 2. The van der Waals surface area contributed by atoms with Crippen molar-refractivity contribution in [1.29, 1.82) is 0 Å². The molecule has 0 bridgehead atoms. The minimum atomic E-state index is -4.80. The van der Waals surface area contributed by atoms with Crippen LogP contribution in [0.25, 0.3) is 16.9 Å². The number of halogens is 4. The third-order valence-electron chi connectivity index (χ3n) is 4.50. The molecule has 2 aromatic carbocycles. The van der Waals surface area contributed by atoms with Crippen LogP contribution in [0, 0.1) is 5.82 Å². The molecule has 2 aromatic heterocycles. The minimum absolute atomic E-state index is 0.193. The van der Waals surface area contributed by atoms with Gasteiger partial charge in [0.2, 0.25) is 0 Å². The molecule has 0 amide bonds. The van der Waals surface area contributed by atoms with Crippen molar-refractivity contribution in [2.75, 3.05) is 5.73 Å². The van der Waals surface area contributed by atoms with Crippen LogP contribution in [0.2, 0.25) is 0 Å². The quantitative estimate of drug-likeness (QED) is 0.391. The summed E-state index contributed by atoms with van der Waals surface area (Å²) in [5, 5.41) is 0. The number of rotatable bonds is 3. The number of fused-ring (bicyclic) bond motifs is 1. The molecule has 0 unspecified atom stereocenters. The number of carbonyl (C=O) groups is 1. The second kappa shape index (κ2) is 6.73. The number of hydrogen-bond acceptors (Lipinski definition) is 3. The molecule has 0 saturated heterocycles. The third kappa shape index (κ3) is 3.22. The summed E-state index contributed by atoms with van der Waals surface area (Å²) in [5.74, 6) is -1.70. The van der Waals surface area contributed by atoms with Gasteiger partial charge in [0.05, 0.1) is 11.1 Å². The molecule has 146 valence electrons. The molecule has 4 rings (SSSR count). The third-order valence-corrected chi connectivity index (χ3v) is 4.50. The Hall–Kier alpha value is -3.68. The van der Waals surface area contributed by atoms with E-state index in [0.29, 0.717) is 5.56 Å². The molecule has 4 aromatic rings. The van der Waals surface area contributed by atoms with Crippen LogP contribution in [0.15, 0.2) is 66.9 Å². The van der Waals surface area contributed by atoms with Gasteiger partial charge in [0, 0.05) is 17.3 Å². The number of aromatic nitrogens is 2. The number of nitrogen functional groups attached to an aromatic ring is 1. The molecule has 29 heavy (non-hydrogen) atoms. The lowest BCUT2D eigenvalue weighted by molar-refractivity contribution is -0.137. The number of carbonyl (C=O) groups excluding carboxylic acids is 1. The summed E-state index contributed by atoms with van der Waals surface area (Å²) < 4.78 is 56.2. The van der Waals surface area contributed by atoms with Crippen molar-refractivity contribution in [3.63, 3.8) is 0 Å². The van der Waals surface area contributed by atoms with Gasteiger partial charge in [-0.15, -0.1) is 0 Å². The van der Waals surface area contributed by atoms with Crippen LogP contribution in [-0.4, -0.2) is 15.2 Å². The topological polar surface area (TPSA) is 60.4 Å². The van der Waals surface area contributed by atoms with Gasteiger partial charge in [0.25, 0.3) is 0 Å². The predicted molar refractivity (Wildman–Crippen MR) is 99.9 cm³/mol. The number of alkyl halides is 3. The first-order chi connectivity index (χ1) is 13.8. The number of ketones is 1. The molecule has 2 heterocycles. The molecule has 0 aliphatic rings. The molecule has 4 nitrogen and oxygen atoms in total. The van der Waals surface area contributed by atoms with Crippen molar-refractivity contribution in [2.24, 2.45) is 0 Å². The molecule has 0 aliphatic carbocycles. The fourth-order valence-corrected chi connectivity index (χ4v) is 3.20. The summed E-state index contributed by atoms with van der Waals surface area (Å²) in [7, 11) is 0. The lowest BCUT2D eigenvalue weighted by atomic mass is 10.0. The minimum Gasteiger partial charge on any atom is -0.382 e. The number of nitrogens with zero attached hydrogens (tertiary/aromatic N) is 2. The van der Waals surface area contributed by atoms with E-state index in [1.54, 1.807) is 30.3 Å². The number of nitrogens with two attached hydrogens (primary N) is 1. The molecule has 0 aliphatic heterocycles. The van der Waals surface area contributed by atoms with Crippen LogP contribution in [0.5, 0.6) is 0 Å². The van der Waals surface area contributed by atoms with Crippen molar-refractivity contribution < 1.29 is 22.4 Å². The summed E-state index contributed by atoms with van der Waals surface area (Å²) >= 11 is 0. The van der Waals surface area contributed by atoms with Crippen LogP contribution < -0.4 is 5.73 Å². The first-order valence-electron chi connectivity index (χ1n) is 8.51. The molecule has 0 radical (unpaired) electrons. The van der Waals surface area contributed by atoms with Gasteiger partial charge >= 0.3 is 6.18 Å². The van der Waals surface area contributed by atoms with E-state index in [4.69, 9.17) is 5.73 Å². The standard InChI is InChI=1S/C21H13F4N3O/c22-15-8-4-7-14(21(23,24)25)17(15)18-20(26)27-16-10-9-13(11-28(16)18)19(29)12-5-2-1-3-6-12/h1-11H,26H2. The molecule has 0 fully saturated rings. The fraction of sp³-hybridized carbons (Fsp3) is 0.0476. The van der Waals surface area contributed by atoms with Crippen molar-refractivity contribution in [3.8, 4) is 11.3 Å². The second-order valence-corrected chi connectivity index (χ2v) is 6.35. The van der Waals surface area contributed by atoms with Crippen molar-refractivity contribution >= 4 is 17.2 Å². The van der Waals surface area contributed by atoms with Crippen LogP contribution in [0.1, 0.15) is 21.5 Å². The molecular weight excluding hydrogens is 386 g/mol. The molecule has 8 heteroatoms. The van der Waals surface area contributed by atoms with Gasteiger partial charge in [0.15, 0.2) is 11.6 Å². The molecule has 0 spiro atoms. The highest BCUT2D eigenvalue weighted by atomic mass is 19.4. The number of hydrogen-bond donors (Lipinski definition) is 1. The SMILES string of the molecule is Nc1nc2ccc(C(=O)c3ccccc3)cn2c1-c1c(F)cccc1C(F)(F)F. The highest BCUT2D eigenvalue weighted by Crippen LogP contribution is 2.40. The summed E-state index contributed by atoms with van der Waals surface area (Å²) in [4.78, 5) is 16.7. The Morgan fingerprint density at radius 1 is 0.931 bits per heavy atom. The van der Waals surface area contributed by atoms with E-state index >= 15 is 0 Å². The van der Waals surface area contributed by atoms with E-state index in [1.165, 1.54) is 22.7 Å². The van der Waals surface area contributed by atoms with E-state index in [2.05, 4.69) is 4.98 Å². The van der Waals surface area contributed by atoms with E-state index < -0.39 is 23.1 Å². The van der Waals surface area contributed by atoms with Gasteiger partial charge in [-0.1, -0.05) is 36.4 Å². The Kier molecular flexibility index (Phi) is 4.34. The smallest absolute Gasteiger partial charge is 0.382 e. The summed E-state index contributed by atoms with van der Waals surface area (Å²) in [6, 6.07) is 14.0. The molecule has 0 atom stereocenters. The van der Waals surface area contributed by atoms with E-state index in [9.17, 15) is 22.4 Å². The summed E-state index contributed by atoms with van der Waals surface area (Å²) in [6.07, 6.45) is -3.48. The lowest BCUT2D eigenvalue weighted by Gasteiger charge is -2.14. The monoisotopic (exact) mass is 399 g/mol. The summed E-state index contributed by atoms with van der Waals surface area (Å²) in [6.45, 7) is 0. The predicted octanol–water partition coefficient (Wildman–Crippen LogP) is 4.97. The van der Waals surface area contributed by atoms with Gasteiger partial charge < -0.3 is 5.73 Å². The zero-order chi connectivity index (χ0) is 20.8. The maximum absolute atomic E-state index is 14.5. The second-order valence-electron chi connectivity index (χ2n) is 6.35. The zero-order valence-electron chi connectivity index (χ0n) is 14.7. The largest absolute Gasteiger partial charge is 0.417 e. The average Bonchev–Trinajstić information content (AvgIpc) is 3.02. The van der Waals surface area contributed by atoms with Gasteiger partial charge in [-0.05, 0) is 24.3 Å². The highest BCUT2D eigenvalue weighted by Gasteiger charge is 2.36. The Morgan fingerprint density at radius 3 is 2.34 bits per heavy atom. The first kappa shape index (κ1) is 18.7. The first-order valence-corrected chi connectivity index (χ1v) is 8.51. The van der Waals surface area contributed by atoms with Gasteiger partial charge in [-0.25, -0.2) is 9.37 Å². The van der Waals surface area contributed by atoms with Crippen molar-refractivity contribution in [1.82, 2.24) is 9.38 Å². The Bertz CT molecular complexity index is 1230. The van der Waals surface area contributed by atoms with Crippen LogP contribution >= 0.6 is 0 Å². The van der Waals surface area contributed by atoms with Gasteiger partial charge in [0.1, 0.15) is 17.2 Å². The van der Waals surface area contributed by atoms with E-state index in [1.807, 2.05) is 0 Å². The van der Waals surface area contributed by atoms with Crippen LogP contribution in [0.4, 0.5) is 23.4 Å². The van der Waals surface area contributed by atoms with Crippen LogP contribution in [-0.2, 0) is 6.18 Å². The van der Waals surface area contributed by atoms with Crippen molar-refractivity contribution in [3.05, 3.63) is 89.4 Å². The number of imidazole rings is 1. The normalized spacial score (nSPS) is 11.7. The Balaban J connectivity index is 1.96. The summed E-state index contributed by atoms with van der Waals surface area (Å²) in [5.41, 5.74) is 4.51. The molecule has 0 saturated carbocycles. The highest BCUT2D eigenvalue weighted by molar-refractivity contribution is 6.09. The van der Waals surface area contributed by atoms with E-state index in [0.717, 1.165) is 18.2 Å². The number of pyridine rings is 1. The van der Waals surface area contributed by atoms with Gasteiger partial charge in [-0.2, -0.15) is 13.2 Å². The van der Waals surface area contributed by atoms with Crippen LogP contribution in [0.3, 0.4) is 0 Å². The molecular formula is C21H13F4N3O. The maximum atomic E-state index is 14.5. The number of anilines is 1. The van der Waals surface area contributed by atoms with Gasteiger partial charge in [-0.3, -0.25) is 9.20 Å².